The van der Waals surface area contributed by atoms with Crippen molar-refractivity contribution in [2.75, 3.05) is 25.1 Å². The molecule has 0 aliphatic carbocycles. The Morgan fingerprint density at radius 1 is 1.37 bits per heavy atom. The second kappa shape index (κ2) is 5.06. The molecule has 1 fully saturated rings. The van der Waals surface area contributed by atoms with Gasteiger partial charge < -0.3 is 10.1 Å². The zero-order chi connectivity index (χ0) is 13.4. The minimum Gasteiger partial charge on any atom is -0.381 e. The Bertz CT molecular complexity index is 602. The molecule has 102 valence electrons. The topological polar surface area (TPSA) is 47.0 Å². The minimum atomic E-state index is 0.351. The molecule has 5 heteroatoms. The van der Waals surface area contributed by atoms with E-state index >= 15 is 0 Å². The Labute approximate surface area is 117 Å². The number of aryl methyl sites for hydroxylation is 2. The zero-order valence-electron chi connectivity index (χ0n) is 11.6. The number of nitrogens with one attached hydrogen (secondary N) is 1. The molecule has 1 aliphatic heterocycles. The number of fused-ring (bicyclic) bond motifs is 1. The summed E-state index contributed by atoms with van der Waals surface area (Å²) in [6.07, 6.45) is 1.03. The lowest BCUT2D eigenvalue weighted by atomic mass is 10.1. The minimum absolute atomic E-state index is 0.351. The van der Waals surface area contributed by atoms with Crippen LogP contribution < -0.4 is 5.32 Å². The fourth-order valence-electron chi connectivity index (χ4n) is 2.48. The smallest absolute Gasteiger partial charge is 0.138 e. The van der Waals surface area contributed by atoms with Crippen molar-refractivity contribution in [3.8, 4) is 0 Å². The highest BCUT2D eigenvalue weighted by molar-refractivity contribution is 7.18. The standard InChI is InChI=1S/C14H19N3OS/c1-4-15-13-11-8(2)9(3)19-14(11)17-12(16-13)10-5-6-18-7-10/h10H,4-7H2,1-3H3,(H,15,16,17). The van der Waals surface area contributed by atoms with Gasteiger partial charge in [0.2, 0.25) is 0 Å². The van der Waals surface area contributed by atoms with Crippen molar-refractivity contribution in [2.24, 2.45) is 0 Å². The molecule has 0 spiro atoms. The summed E-state index contributed by atoms with van der Waals surface area (Å²) in [6, 6.07) is 0. The second-order valence-electron chi connectivity index (χ2n) is 4.98. The summed E-state index contributed by atoms with van der Waals surface area (Å²) in [5.41, 5.74) is 1.30. The summed E-state index contributed by atoms with van der Waals surface area (Å²) in [6.45, 7) is 8.85. The van der Waals surface area contributed by atoms with Gasteiger partial charge in [0.1, 0.15) is 16.5 Å². The Morgan fingerprint density at radius 2 is 2.21 bits per heavy atom. The first-order chi connectivity index (χ1) is 9.20. The number of rotatable bonds is 3. The Balaban J connectivity index is 2.15. The van der Waals surface area contributed by atoms with Crippen LogP contribution >= 0.6 is 11.3 Å². The van der Waals surface area contributed by atoms with Gasteiger partial charge in [0.05, 0.1) is 12.0 Å². The van der Waals surface area contributed by atoms with Crippen LogP contribution in [0.5, 0.6) is 0 Å². The second-order valence-corrected chi connectivity index (χ2v) is 6.19. The molecule has 3 heterocycles. The van der Waals surface area contributed by atoms with Crippen molar-refractivity contribution in [1.29, 1.82) is 0 Å². The van der Waals surface area contributed by atoms with Gasteiger partial charge in [-0.3, -0.25) is 0 Å². The molecule has 1 N–H and O–H groups in total. The SMILES string of the molecule is CCNc1nc(C2CCOC2)nc2sc(C)c(C)c12. The van der Waals surface area contributed by atoms with E-state index in [1.54, 1.807) is 11.3 Å². The molecular weight excluding hydrogens is 258 g/mol. The van der Waals surface area contributed by atoms with Gasteiger partial charge in [-0.15, -0.1) is 11.3 Å². The molecule has 2 aromatic heterocycles. The molecular formula is C14H19N3OS. The highest BCUT2D eigenvalue weighted by atomic mass is 32.1. The third-order valence-corrected chi connectivity index (χ3v) is 4.79. The maximum atomic E-state index is 5.46. The third-order valence-electron chi connectivity index (χ3n) is 3.69. The number of aromatic nitrogens is 2. The summed E-state index contributed by atoms with van der Waals surface area (Å²) in [5.74, 6) is 2.27. The van der Waals surface area contributed by atoms with Crippen molar-refractivity contribution in [3.63, 3.8) is 0 Å². The molecule has 19 heavy (non-hydrogen) atoms. The van der Waals surface area contributed by atoms with E-state index in [9.17, 15) is 0 Å². The lowest BCUT2D eigenvalue weighted by Gasteiger charge is -2.10. The predicted molar refractivity (Wildman–Crippen MR) is 79.2 cm³/mol. The number of hydrogen-bond acceptors (Lipinski definition) is 5. The number of ether oxygens (including phenoxy) is 1. The monoisotopic (exact) mass is 277 g/mol. The quantitative estimate of drug-likeness (QED) is 0.935. The maximum Gasteiger partial charge on any atom is 0.138 e. The van der Waals surface area contributed by atoms with Crippen LogP contribution in [-0.4, -0.2) is 29.7 Å². The van der Waals surface area contributed by atoms with Gasteiger partial charge >= 0.3 is 0 Å². The van der Waals surface area contributed by atoms with Crippen molar-refractivity contribution in [1.82, 2.24) is 9.97 Å². The summed E-state index contributed by atoms with van der Waals surface area (Å²) in [5, 5.41) is 4.57. The van der Waals surface area contributed by atoms with E-state index in [0.29, 0.717) is 5.92 Å². The number of hydrogen-bond donors (Lipinski definition) is 1. The van der Waals surface area contributed by atoms with Crippen LogP contribution in [-0.2, 0) is 4.74 Å². The Hall–Kier alpha value is -1.20. The van der Waals surface area contributed by atoms with Gasteiger partial charge in [-0.2, -0.15) is 0 Å². The highest BCUT2D eigenvalue weighted by Gasteiger charge is 2.23. The molecule has 4 nitrogen and oxygen atoms in total. The van der Waals surface area contributed by atoms with E-state index in [1.807, 2.05) is 0 Å². The number of anilines is 1. The van der Waals surface area contributed by atoms with E-state index in [4.69, 9.17) is 14.7 Å². The predicted octanol–water partition coefficient (Wildman–Crippen LogP) is 3.24. The van der Waals surface area contributed by atoms with Gasteiger partial charge in [-0.1, -0.05) is 0 Å². The van der Waals surface area contributed by atoms with Crippen molar-refractivity contribution < 1.29 is 4.74 Å². The molecule has 1 saturated heterocycles. The molecule has 0 saturated carbocycles. The van der Waals surface area contributed by atoms with E-state index in [1.165, 1.54) is 15.8 Å². The normalized spacial score (nSPS) is 19.2. The van der Waals surface area contributed by atoms with Crippen LogP contribution in [0.2, 0.25) is 0 Å². The van der Waals surface area contributed by atoms with Crippen LogP contribution in [0.4, 0.5) is 5.82 Å². The van der Waals surface area contributed by atoms with Crippen LogP contribution in [0.15, 0.2) is 0 Å². The summed E-state index contributed by atoms with van der Waals surface area (Å²) >= 11 is 1.76. The first kappa shape index (κ1) is 12.8. The van der Waals surface area contributed by atoms with E-state index in [0.717, 1.165) is 42.7 Å². The summed E-state index contributed by atoms with van der Waals surface area (Å²) in [7, 11) is 0. The van der Waals surface area contributed by atoms with Crippen molar-refractivity contribution in [2.45, 2.75) is 33.1 Å². The molecule has 0 amide bonds. The lowest BCUT2D eigenvalue weighted by Crippen LogP contribution is -2.08. The molecule has 2 aromatic rings. The molecule has 1 atom stereocenters. The molecule has 1 unspecified atom stereocenters. The third kappa shape index (κ3) is 2.21. The van der Waals surface area contributed by atoms with Crippen LogP contribution in [0.25, 0.3) is 10.2 Å². The lowest BCUT2D eigenvalue weighted by molar-refractivity contribution is 0.193. The maximum absolute atomic E-state index is 5.46. The average Bonchev–Trinajstić information content (AvgIpc) is 2.99. The van der Waals surface area contributed by atoms with Crippen LogP contribution in [0.3, 0.4) is 0 Å². The Kier molecular flexibility index (Phi) is 3.41. The number of nitrogens with zero attached hydrogens (tertiary/aromatic N) is 2. The van der Waals surface area contributed by atoms with Gasteiger partial charge in [-0.25, -0.2) is 9.97 Å². The van der Waals surface area contributed by atoms with Crippen molar-refractivity contribution in [3.05, 3.63) is 16.3 Å². The van der Waals surface area contributed by atoms with Gasteiger partial charge in [-0.05, 0) is 32.8 Å². The molecule has 0 radical (unpaired) electrons. The van der Waals surface area contributed by atoms with Crippen LogP contribution in [0.1, 0.15) is 35.5 Å². The molecule has 1 aliphatic rings. The molecule has 0 bridgehead atoms. The molecule has 0 aromatic carbocycles. The summed E-state index contributed by atoms with van der Waals surface area (Å²) < 4.78 is 5.46. The molecule has 3 rings (SSSR count). The van der Waals surface area contributed by atoms with Gasteiger partial charge in [0.25, 0.3) is 0 Å². The summed E-state index contributed by atoms with van der Waals surface area (Å²) in [4.78, 5) is 11.9. The zero-order valence-corrected chi connectivity index (χ0v) is 12.4. The van der Waals surface area contributed by atoms with E-state index in [2.05, 4.69) is 26.1 Å². The number of thiophene rings is 1. The van der Waals surface area contributed by atoms with E-state index in [-0.39, 0.29) is 0 Å². The fourth-order valence-corrected chi connectivity index (χ4v) is 3.52. The van der Waals surface area contributed by atoms with Gasteiger partial charge in [0, 0.05) is 23.9 Å². The first-order valence-corrected chi connectivity index (χ1v) is 7.61. The fraction of sp³-hybridized carbons (Fsp3) is 0.571. The average molecular weight is 277 g/mol. The highest BCUT2D eigenvalue weighted by Crippen LogP contribution is 2.35. The van der Waals surface area contributed by atoms with E-state index < -0.39 is 0 Å². The van der Waals surface area contributed by atoms with Crippen LogP contribution in [0, 0.1) is 13.8 Å². The van der Waals surface area contributed by atoms with Gasteiger partial charge in [0.15, 0.2) is 0 Å². The Morgan fingerprint density at radius 3 is 2.89 bits per heavy atom. The van der Waals surface area contributed by atoms with Crippen molar-refractivity contribution >= 4 is 27.4 Å². The first-order valence-electron chi connectivity index (χ1n) is 6.80. The largest absolute Gasteiger partial charge is 0.381 e.